The largest absolute Gasteiger partial charge is 0.465 e. The number of amides is 2. The zero-order valence-electron chi connectivity index (χ0n) is 15.7. The van der Waals surface area contributed by atoms with E-state index in [-0.39, 0.29) is 11.8 Å². The third-order valence-corrected chi connectivity index (χ3v) is 4.67. The van der Waals surface area contributed by atoms with Crippen LogP contribution >= 0.6 is 11.3 Å². The Kier molecular flexibility index (Phi) is 6.02. The number of anilines is 1. The van der Waals surface area contributed by atoms with Crippen molar-refractivity contribution in [1.29, 1.82) is 0 Å². The second-order valence-electron chi connectivity index (χ2n) is 7.41. The number of carboxylic acid groups (broad SMARTS) is 1. The van der Waals surface area contributed by atoms with E-state index in [2.05, 4.69) is 10.3 Å². The summed E-state index contributed by atoms with van der Waals surface area (Å²) in [6.45, 7) is 9.01. The van der Waals surface area contributed by atoms with Gasteiger partial charge in [0.05, 0.1) is 5.69 Å². The van der Waals surface area contributed by atoms with Crippen molar-refractivity contribution in [1.82, 2.24) is 9.88 Å². The third-order valence-electron chi connectivity index (χ3n) is 3.91. The molecule has 0 saturated heterocycles. The number of hydrogen-bond acceptors (Lipinski definition) is 4. The number of benzene rings is 1. The highest BCUT2D eigenvalue weighted by Gasteiger charge is 2.39. The lowest BCUT2D eigenvalue weighted by Gasteiger charge is -2.40. The summed E-state index contributed by atoms with van der Waals surface area (Å²) in [5.74, 6) is -0.551. The van der Waals surface area contributed by atoms with Crippen molar-refractivity contribution in [3.8, 4) is 11.3 Å². The maximum Gasteiger partial charge on any atom is 0.408 e. The predicted octanol–water partition coefficient (Wildman–Crippen LogP) is 4.55. The predicted molar refractivity (Wildman–Crippen MR) is 104 cm³/mol. The molecule has 2 rings (SSSR count). The van der Waals surface area contributed by atoms with Crippen molar-refractivity contribution < 1.29 is 14.7 Å². The van der Waals surface area contributed by atoms with Gasteiger partial charge in [0.25, 0.3) is 0 Å². The fraction of sp³-hybridized carbons (Fsp3) is 0.421. The Morgan fingerprint density at radius 2 is 1.81 bits per heavy atom. The molecule has 0 bridgehead atoms. The molecule has 140 valence electrons. The number of carbonyl (C=O) groups is 2. The summed E-state index contributed by atoms with van der Waals surface area (Å²) < 4.78 is 0. The number of nitrogens with one attached hydrogen (secondary N) is 1. The van der Waals surface area contributed by atoms with Crippen LogP contribution in [0.25, 0.3) is 11.3 Å². The average molecular weight is 375 g/mol. The molecule has 0 saturated carbocycles. The van der Waals surface area contributed by atoms with E-state index in [9.17, 15) is 14.7 Å². The van der Waals surface area contributed by atoms with E-state index >= 15 is 0 Å². The summed E-state index contributed by atoms with van der Waals surface area (Å²) in [5.41, 5.74) is 1.04. The van der Waals surface area contributed by atoms with Crippen LogP contribution in [0.2, 0.25) is 0 Å². The molecule has 1 aromatic heterocycles. The molecule has 26 heavy (non-hydrogen) atoms. The van der Waals surface area contributed by atoms with Gasteiger partial charge in [0.1, 0.15) is 6.04 Å². The molecule has 0 spiro atoms. The minimum Gasteiger partial charge on any atom is -0.465 e. The molecular formula is C19H25N3O3S. The van der Waals surface area contributed by atoms with Gasteiger partial charge in [-0.3, -0.25) is 9.69 Å². The molecule has 7 heteroatoms. The van der Waals surface area contributed by atoms with Crippen LogP contribution in [0.1, 0.15) is 34.6 Å². The van der Waals surface area contributed by atoms with E-state index in [1.807, 2.05) is 49.6 Å². The average Bonchev–Trinajstić information content (AvgIpc) is 2.99. The highest BCUT2D eigenvalue weighted by molar-refractivity contribution is 7.14. The SMILES string of the molecule is CC(C)[C@@H](C(=O)Nc1nc(-c2ccccc2)cs1)N(C(=O)O)C(C)(C)C. The van der Waals surface area contributed by atoms with Gasteiger partial charge in [-0.25, -0.2) is 9.78 Å². The summed E-state index contributed by atoms with van der Waals surface area (Å²) in [5, 5.41) is 14.7. The van der Waals surface area contributed by atoms with E-state index in [1.54, 1.807) is 20.8 Å². The molecule has 0 radical (unpaired) electrons. The topological polar surface area (TPSA) is 82.5 Å². The highest BCUT2D eigenvalue weighted by atomic mass is 32.1. The Labute approximate surface area is 157 Å². The van der Waals surface area contributed by atoms with Crippen molar-refractivity contribution in [2.75, 3.05) is 5.32 Å². The van der Waals surface area contributed by atoms with Crippen LogP contribution in [0, 0.1) is 5.92 Å². The third kappa shape index (κ3) is 4.60. The van der Waals surface area contributed by atoms with Crippen LogP contribution in [-0.4, -0.2) is 38.6 Å². The second kappa shape index (κ2) is 7.86. The minimum atomic E-state index is -1.12. The van der Waals surface area contributed by atoms with Gasteiger partial charge >= 0.3 is 6.09 Å². The number of hydrogen-bond donors (Lipinski definition) is 2. The summed E-state index contributed by atoms with van der Waals surface area (Å²) in [6, 6.07) is 8.87. The standard InChI is InChI=1S/C19H25N3O3S/c1-12(2)15(22(18(24)25)19(3,4)5)16(23)21-17-20-14(11-26-17)13-9-7-6-8-10-13/h6-12,15H,1-5H3,(H,24,25)(H,20,21,23)/t15-/m0/s1. The number of carbonyl (C=O) groups excluding carboxylic acids is 1. The van der Waals surface area contributed by atoms with Crippen molar-refractivity contribution in [3.05, 3.63) is 35.7 Å². The molecule has 0 aliphatic rings. The van der Waals surface area contributed by atoms with E-state index in [0.29, 0.717) is 5.13 Å². The van der Waals surface area contributed by atoms with Crippen LogP contribution in [0.15, 0.2) is 35.7 Å². The molecule has 0 aliphatic carbocycles. The second-order valence-corrected chi connectivity index (χ2v) is 8.26. The van der Waals surface area contributed by atoms with Crippen molar-refractivity contribution in [2.45, 2.75) is 46.2 Å². The molecule has 1 heterocycles. The van der Waals surface area contributed by atoms with Gasteiger partial charge in [-0.1, -0.05) is 44.2 Å². The van der Waals surface area contributed by atoms with Gasteiger partial charge in [0.15, 0.2) is 5.13 Å². The molecule has 0 aliphatic heterocycles. The summed E-state index contributed by atoms with van der Waals surface area (Å²) in [7, 11) is 0. The fourth-order valence-corrected chi connectivity index (χ4v) is 3.52. The number of rotatable bonds is 5. The normalized spacial score (nSPS) is 12.7. The molecule has 1 atom stereocenters. The maximum absolute atomic E-state index is 12.8. The minimum absolute atomic E-state index is 0.182. The Balaban J connectivity index is 2.23. The number of nitrogens with zero attached hydrogens (tertiary/aromatic N) is 2. The van der Waals surface area contributed by atoms with Gasteiger partial charge in [-0.15, -0.1) is 11.3 Å². The number of aromatic nitrogens is 1. The first-order valence-electron chi connectivity index (χ1n) is 8.45. The Morgan fingerprint density at radius 3 is 2.31 bits per heavy atom. The molecule has 0 unspecified atom stereocenters. The van der Waals surface area contributed by atoms with Crippen LogP contribution in [-0.2, 0) is 4.79 Å². The van der Waals surface area contributed by atoms with Gasteiger partial charge in [-0.05, 0) is 26.7 Å². The quantitative estimate of drug-likeness (QED) is 0.803. The van der Waals surface area contributed by atoms with Gasteiger partial charge < -0.3 is 10.4 Å². The molecule has 2 aromatic rings. The van der Waals surface area contributed by atoms with Crippen LogP contribution in [0.3, 0.4) is 0 Å². The van der Waals surface area contributed by atoms with E-state index in [4.69, 9.17) is 0 Å². The van der Waals surface area contributed by atoms with Crippen molar-refractivity contribution in [2.24, 2.45) is 5.92 Å². The Morgan fingerprint density at radius 1 is 1.19 bits per heavy atom. The zero-order chi connectivity index (χ0) is 19.5. The smallest absolute Gasteiger partial charge is 0.408 e. The Hall–Kier alpha value is -2.41. The summed E-state index contributed by atoms with van der Waals surface area (Å²) >= 11 is 1.32. The molecule has 0 fully saturated rings. The monoisotopic (exact) mass is 375 g/mol. The van der Waals surface area contributed by atoms with E-state index in [1.165, 1.54) is 16.2 Å². The van der Waals surface area contributed by atoms with E-state index < -0.39 is 17.7 Å². The molecule has 2 amide bonds. The lowest BCUT2D eigenvalue weighted by Crippen LogP contribution is -2.57. The lowest BCUT2D eigenvalue weighted by molar-refractivity contribution is -0.124. The zero-order valence-corrected chi connectivity index (χ0v) is 16.5. The van der Waals surface area contributed by atoms with Gasteiger partial charge in [-0.2, -0.15) is 0 Å². The van der Waals surface area contributed by atoms with Crippen molar-refractivity contribution >= 4 is 28.5 Å². The van der Waals surface area contributed by atoms with Crippen LogP contribution < -0.4 is 5.32 Å². The Bertz CT molecular complexity index is 766. The van der Waals surface area contributed by atoms with Crippen LogP contribution in [0.4, 0.5) is 9.93 Å². The first-order valence-corrected chi connectivity index (χ1v) is 9.33. The summed E-state index contributed by atoms with van der Waals surface area (Å²) in [6.07, 6.45) is -1.12. The summed E-state index contributed by atoms with van der Waals surface area (Å²) in [4.78, 5) is 30.3. The van der Waals surface area contributed by atoms with Crippen molar-refractivity contribution in [3.63, 3.8) is 0 Å². The first-order chi connectivity index (χ1) is 12.1. The van der Waals surface area contributed by atoms with E-state index in [0.717, 1.165) is 11.3 Å². The highest BCUT2D eigenvalue weighted by Crippen LogP contribution is 2.27. The molecule has 2 N–H and O–H groups in total. The number of thiazole rings is 1. The van der Waals surface area contributed by atoms with Gasteiger partial charge in [0.2, 0.25) is 5.91 Å². The first kappa shape index (κ1) is 19.9. The van der Waals surface area contributed by atoms with Crippen LogP contribution in [0.5, 0.6) is 0 Å². The maximum atomic E-state index is 12.8. The fourth-order valence-electron chi connectivity index (χ4n) is 2.79. The lowest BCUT2D eigenvalue weighted by atomic mass is 9.95. The molecule has 6 nitrogen and oxygen atoms in total. The molecule has 1 aromatic carbocycles. The van der Waals surface area contributed by atoms with Gasteiger partial charge in [0, 0.05) is 16.5 Å². The molecular weight excluding hydrogens is 350 g/mol.